The summed E-state index contributed by atoms with van der Waals surface area (Å²) in [5.41, 5.74) is 0.943. The SMILES string of the molecule is CSCc1ccc(CNc2ccc(OC(C)C)c(Cl)c2)o1. The Morgan fingerprint density at radius 1 is 1.24 bits per heavy atom. The summed E-state index contributed by atoms with van der Waals surface area (Å²) in [6.45, 7) is 4.59. The van der Waals surface area contributed by atoms with Crippen molar-refractivity contribution in [2.75, 3.05) is 11.6 Å². The molecule has 0 aliphatic heterocycles. The molecule has 1 N–H and O–H groups in total. The van der Waals surface area contributed by atoms with Gasteiger partial charge in [0.15, 0.2) is 0 Å². The van der Waals surface area contributed by atoms with Crippen LogP contribution in [-0.2, 0) is 12.3 Å². The number of furan rings is 1. The average molecular weight is 326 g/mol. The summed E-state index contributed by atoms with van der Waals surface area (Å²) < 4.78 is 11.3. The molecule has 2 aromatic rings. The van der Waals surface area contributed by atoms with Gasteiger partial charge in [0.25, 0.3) is 0 Å². The van der Waals surface area contributed by atoms with Crippen LogP contribution in [0.4, 0.5) is 5.69 Å². The molecule has 0 amide bonds. The Morgan fingerprint density at radius 3 is 2.67 bits per heavy atom. The van der Waals surface area contributed by atoms with E-state index in [0.29, 0.717) is 17.3 Å². The fourth-order valence-electron chi connectivity index (χ4n) is 1.89. The number of rotatable bonds is 7. The lowest BCUT2D eigenvalue weighted by Gasteiger charge is -2.12. The van der Waals surface area contributed by atoms with Gasteiger partial charge >= 0.3 is 0 Å². The van der Waals surface area contributed by atoms with Crippen molar-refractivity contribution in [3.63, 3.8) is 0 Å². The largest absolute Gasteiger partial charge is 0.489 e. The zero-order valence-electron chi connectivity index (χ0n) is 12.5. The molecule has 0 spiro atoms. The van der Waals surface area contributed by atoms with Crippen LogP contribution in [0, 0.1) is 0 Å². The summed E-state index contributed by atoms with van der Waals surface area (Å²) in [7, 11) is 0. The molecule has 0 aliphatic carbocycles. The first-order valence-electron chi connectivity index (χ1n) is 6.85. The molecule has 0 bridgehead atoms. The van der Waals surface area contributed by atoms with Gasteiger partial charge < -0.3 is 14.5 Å². The molecule has 0 unspecified atom stereocenters. The predicted octanol–water partition coefficient (Wildman–Crippen LogP) is 5.20. The first kappa shape index (κ1) is 16.1. The van der Waals surface area contributed by atoms with Crippen molar-refractivity contribution in [2.24, 2.45) is 0 Å². The fraction of sp³-hybridized carbons (Fsp3) is 0.375. The van der Waals surface area contributed by atoms with Crippen molar-refractivity contribution in [2.45, 2.75) is 32.2 Å². The van der Waals surface area contributed by atoms with E-state index in [0.717, 1.165) is 23.0 Å². The lowest BCUT2D eigenvalue weighted by Crippen LogP contribution is -2.06. The lowest BCUT2D eigenvalue weighted by molar-refractivity contribution is 0.242. The minimum absolute atomic E-state index is 0.110. The highest BCUT2D eigenvalue weighted by atomic mass is 35.5. The quantitative estimate of drug-likeness (QED) is 0.759. The molecule has 1 aromatic carbocycles. The summed E-state index contributed by atoms with van der Waals surface area (Å²) >= 11 is 7.95. The summed E-state index contributed by atoms with van der Waals surface area (Å²) in [6, 6.07) is 9.71. The Hall–Kier alpha value is -1.26. The highest BCUT2D eigenvalue weighted by molar-refractivity contribution is 7.97. The third kappa shape index (κ3) is 4.90. The average Bonchev–Trinajstić information content (AvgIpc) is 2.87. The second-order valence-corrected chi connectivity index (χ2v) is 6.24. The van der Waals surface area contributed by atoms with Gasteiger partial charge in [0.05, 0.1) is 23.4 Å². The standard InChI is InChI=1S/C16H20ClNO2S/c1-11(2)19-16-7-4-12(8-15(16)17)18-9-13-5-6-14(20-13)10-21-3/h4-8,11,18H,9-10H2,1-3H3. The monoisotopic (exact) mass is 325 g/mol. The van der Waals surface area contributed by atoms with Crippen LogP contribution in [0.15, 0.2) is 34.7 Å². The number of benzene rings is 1. The molecule has 1 aromatic heterocycles. The highest BCUT2D eigenvalue weighted by Crippen LogP contribution is 2.28. The zero-order valence-corrected chi connectivity index (χ0v) is 14.1. The maximum Gasteiger partial charge on any atom is 0.138 e. The van der Waals surface area contributed by atoms with Crippen LogP contribution in [0.5, 0.6) is 5.75 Å². The number of anilines is 1. The first-order chi connectivity index (χ1) is 10.1. The molecule has 5 heteroatoms. The van der Waals surface area contributed by atoms with Gasteiger partial charge in [0, 0.05) is 5.69 Å². The van der Waals surface area contributed by atoms with E-state index in [1.807, 2.05) is 44.2 Å². The van der Waals surface area contributed by atoms with Crippen LogP contribution in [0.2, 0.25) is 5.02 Å². The molecule has 0 fully saturated rings. The molecule has 2 rings (SSSR count). The Morgan fingerprint density at radius 2 is 2.00 bits per heavy atom. The summed E-state index contributed by atoms with van der Waals surface area (Å²) in [6.07, 6.45) is 2.17. The van der Waals surface area contributed by atoms with Crippen LogP contribution in [-0.4, -0.2) is 12.4 Å². The summed E-state index contributed by atoms with van der Waals surface area (Å²) in [5, 5.41) is 3.90. The molecule has 0 aliphatic rings. The van der Waals surface area contributed by atoms with Crippen molar-refractivity contribution in [3.8, 4) is 5.75 Å². The first-order valence-corrected chi connectivity index (χ1v) is 8.62. The van der Waals surface area contributed by atoms with Crippen LogP contribution in [0.25, 0.3) is 0 Å². The van der Waals surface area contributed by atoms with Gasteiger partial charge in [-0.3, -0.25) is 0 Å². The van der Waals surface area contributed by atoms with Gasteiger partial charge in [0.1, 0.15) is 17.3 Å². The number of hydrogen-bond donors (Lipinski definition) is 1. The van der Waals surface area contributed by atoms with E-state index < -0.39 is 0 Å². The lowest BCUT2D eigenvalue weighted by atomic mass is 10.3. The van der Waals surface area contributed by atoms with Gasteiger partial charge in [-0.15, -0.1) is 0 Å². The molecular formula is C16H20ClNO2S. The molecule has 0 atom stereocenters. The second-order valence-electron chi connectivity index (χ2n) is 4.97. The maximum atomic E-state index is 6.21. The molecule has 114 valence electrons. The second kappa shape index (κ2) is 7.66. The van der Waals surface area contributed by atoms with Gasteiger partial charge in [-0.1, -0.05) is 11.6 Å². The zero-order chi connectivity index (χ0) is 15.2. The van der Waals surface area contributed by atoms with Crippen LogP contribution < -0.4 is 10.1 Å². The van der Waals surface area contributed by atoms with Gasteiger partial charge in [-0.25, -0.2) is 0 Å². The summed E-state index contributed by atoms with van der Waals surface area (Å²) in [4.78, 5) is 0. The summed E-state index contributed by atoms with van der Waals surface area (Å²) in [5.74, 6) is 3.51. The normalized spacial score (nSPS) is 10.9. The number of nitrogens with one attached hydrogen (secondary N) is 1. The van der Waals surface area contributed by atoms with Crippen molar-refractivity contribution < 1.29 is 9.15 Å². The minimum Gasteiger partial charge on any atom is -0.489 e. The van der Waals surface area contributed by atoms with E-state index in [9.17, 15) is 0 Å². The van der Waals surface area contributed by atoms with E-state index in [2.05, 4.69) is 11.6 Å². The van der Waals surface area contributed by atoms with Crippen LogP contribution >= 0.6 is 23.4 Å². The van der Waals surface area contributed by atoms with Crippen LogP contribution in [0.1, 0.15) is 25.4 Å². The van der Waals surface area contributed by atoms with E-state index in [1.165, 1.54) is 0 Å². The van der Waals surface area contributed by atoms with Gasteiger partial charge in [0.2, 0.25) is 0 Å². The molecule has 21 heavy (non-hydrogen) atoms. The van der Waals surface area contributed by atoms with E-state index >= 15 is 0 Å². The van der Waals surface area contributed by atoms with Crippen molar-refractivity contribution in [3.05, 3.63) is 46.9 Å². The van der Waals surface area contributed by atoms with Crippen molar-refractivity contribution >= 4 is 29.1 Å². The highest BCUT2D eigenvalue weighted by Gasteiger charge is 2.06. The van der Waals surface area contributed by atoms with E-state index in [-0.39, 0.29) is 6.10 Å². The number of ether oxygens (including phenoxy) is 1. The van der Waals surface area contributed by atoms with Crippen molar-refractivity contribution in [1.29, 1.82) is 0 Å². The Kier molecular flexibility index (Phi) is 5.88. The maximum absolute atomic E-state index is 6.21. The topological polar surface area (TPSA) is 34.4 Å². The fourth-order valence-corrected chi connectivity index (χ4v) is 2.55. The third-order valence-corrected chi connectivity index (χ3v) is 3.63. The van der Waals surface area contributed by atoms with Gasteiger partial charge in [-0.2, -0.15) is 11.8 Å². The Balaban J connectivity index is 1.94. The van der Waals surface area contributed by atoms with Crippen molar-refractivity contribution in [1.82, 2.24) is 0 Å². The molecule has 3 nitrogen and oxygen atoms in total. The smallest absolute Gasteiger partial charge is 0.138 e. The number of thioether (sulfide) groups is 1. The third-order valence-electron chi connectivity index (χ3n) is 2.77. The number of hydrogen-bond acceptors (Lipinski definition) is 4. The molecule has 0 saturated carbocycles. The van der Waals surface area contributed by atoms with E-state index in [4.69, 9.17) is 20.8 Å². The molecule has 0 radical (unpaired) electrons. The predicted molar refractivity (Wildman–Crippen MR) is 90.5 cm³/mol. The van der Waals surface area contributed by atoms with Crippen LogP contribution in [0.3, 0.4) is 0 Å². The molecular weight excluding hydrogens is 306 g/mol. The van der Waals surface area contributed by atoms with E-state index in [1.54, 1.807) is 11.8 Å². The minimum atomic E-state index is 0.110. The molecule has 1 heterocycles. The number of halogens is 1. The molecule has 0 saturated heterocycles. The Labute approximate surface area is 135 Å². The van der Waals surface area contributed by atoms with Gasteiger partial charge in [-0.05, 0) is 50.4 Å². The Bertz CT molecular complexity index is 583.